The van der Waals surface area contributed by atoms with E-state index >= 15 is 0 Å². The van der Waals surface area contributed by atoms with E-state index < -0.39 is 0 Å². The van der Waals surface area contributed by atoms with Gasteiger partial charge in [-0.3, -0.25) is 4.90 Å². The number of nitrogens with one attached hydrogen (secondary N) is 1. The second-order valence-corrected chi connectivity index (χ2v) is 6.33. The number of rotatable bonds is 4. The first-order chi connectivity index (χ1) is 10.0. The van der Waals surface area contributed by atoms with Crippen LogP contribution in [-0.2, 0) is 6.54 Å². The van der Waals surface area contributed by atoms with Gasteiger partial charge in [0.2, 0.25) is 0 Å². The van der Waals surface area contributed by atoms with Gasteiger partial charge in [0.15, 0.2) is 0 Å². The van der Waals surface area contributed by atoms with Gasteiger partial charge in [0, 0.05) is 36.8 Å². The minimum Gasteiger partial charge on any atom is -0.497 e. The van der Waals surface area contributed by atoms with Crippen LogP contribution in [0.5, 0.6) is 5.75 Å². The fourth-order valence-electron chi connectivity index (χ4n) is 2.83. The molecule has 0 saturated carbocycles. The molecule has 1 fully saturated rings. The largest absolute Gasteiger partial charge is 0.497 e. The Morgan fingerprint density at radius 3 is 2.81 bits per heavy atom. The van der Waals surface area contributed by atoms with Crippen LogP contribution < -0.4 is 10.1 Å². The highest BCUT2D eigenvalue weighted by Crippen LogP contribution is 2.21. The van der Waals surface area contributed by atoms with Gasteiger partial charge in [-0.15, -0.1) is 0 Å². The number of hydrogen-bond acceptors (Lipinski definition) is 3. The van der Waals surface area contributed by atoms with Crippen LogP contribution in [0.3, 0.4) is 0 Å². The maximum Gasteiger partial charge on any atom is 0.131 e. The average molecular weight is 294 g/mol. The summed E-state index contributed by atoms with van der Waals surface area (Å²) in [6.07, 6.45) is 1.10. The van der Waals surface area contributed by atoms with Gasteiger partial charge in [0.05, 0.1) is 7.11 Å². The highest BCUT2D eigenvalue weighted by atomic mass is 19.1. The molecule has 2 unspecified atom stereocenters. The van der Waals surface area contributed by atoms with Crippen molar-refractivity contribution < 1.29 is 9.13 Å². The van der Waals surface area contributed by atoms with E-state index in [1.165, 1.54) is 6.07 Å². The number of halogens is 1. The summed E-state index contributed by atoms with van der Waals surface area (Å²) in [4.78, 5) is 2.38. The van der Waals surface area contributed by atoms with Crippen molar-refractivity contribution in [3.8, 4) is 5.75 Å². The standard InChI is InChI=1S/C17H27FN2O/c1-12(2)17-11-20(13(3)7-8-19-17)10-14-5-6-15(21-4)9-16(14)18/h5-6,9,12-13,17,19H,7-8,10-11H2,1-4H3. The van der Waals surface area contributed by atoms with Crippen LogP contribution in [0, 0.1) is 11.7 Å². The molecule has 0 amide bonds. The van der Waals surface area contributed by atoms with Crippen LogP contribution in [0.1, 0.15) is 32.8 Å². The van der Waals surface area contributed by atoms with Crippen molar-refractivity contribution in [3.63, 3.8) is 0 Å². The third kappa shape index (κ3) is 4.17. The highest BCUT2D eigenvalue weighted by molar-refractivity contribution is 5.28. The van der Waals surface area contributed by atoms with Crippen molar-refractivity contribution in [2.24, 2.45) is 5.92 Å². The number of nitrogens with zero attached hydrogens (tertiary/aromatic N) is 1. The van der Waals surface area contributed by atoms with Gasteiger partial charge in [0.25, 0.3) is 0 Å². The summed E-state index contributed by atoms with van der Waals surface area (Å²) in [5.41, 5.74) is 0.743. The quantitative estimate of drug-likeness (QED) is 0.924. The Morgan fingerprint density at radius 1 is 1.43 bits per heavy atom. The first-order valence-corrected chi connectivity index (χ1v) is 7.81. The van der Waals surface area contributed by atoms with Crippen LogP contribution in [0.25, 0.3) is 0 Å². The summed E-state index contributed by atoms with van der Waals surface area (Å²) in [7, 11) is 1.56. The van der Waals surface area contributed by atoms with E-state index in [1.807, 2.05) is 12.1 Å². The van der Waals surface area contributed by atoms with E-state index in [2.05, 4.69) is 31.0 Å². The molecule has 1 saturated heterocycles. The SMILES string of the molecule is COc1ccc(CN2CC(C(C)C)NCCC2C)c(F)c1. The van der Waals surface area contributed by atoms with Crippen molar-refractivity contribution in [3.05, 3.63) is 29.6 Å². The topological polar surface area (TPSA) is 24.5 Å². The molecule has 0 aromatic heterocycles. The number of benzene rings is 1. The monoisotopic (exact) mass is 294 g/mol. The van der Waals surface area contributed by atoms with E-state index in [0.717, 1.165) is 25.1 Å². The van der Waals surface area contributed by atoms with Crippen molar-refractivity contribution >= 4 is 0 Å². The Labute approximate surface area is 127 Å². The third-order valence-corrected chi connectivity index (χ3v) is 4.46. The summed E-state index contributed by atoms with van der Waals surface area (Å²) in [6, 6.07) is 6.07. The molecule has 21 heavy (non-hydrogen) atoms. The summed E-state index contributed by atoms with van der Waals surface area (Å²) >= 11 is 0. The lowest BCUT2D eigenvalue weighted by molar-refractivity contribution is 0.182. The number of methoxy groups -OCH3 is 1. The molecule has 2 atom stereocenters. The van der Waals surface area contributed by atoms with E-state index in [1.54, 1.807) is 7.11 Å². The normalized spacial score (nSPS) is 24.1. The maximum atomic E-state index is 14.2. The Bertz CT molecular complexity index is 464. The lowest BCUT2D eigenvalue weighted by Gasteiger charge is -2.30. The van der Waals surface area contributed by atoms with E-state index in [0.29, 0.717) is 30.3 Å². The van der Waals surface area contributed by atoms with Gasteiger partial charge in [0.1, 0.15) is 11.6 Å². The molecule has 1 aromatic carbocycles. The number of hydrogen-bond donors (Lipinski definition) is 1. The Morgan fingerprint density at radius 2 is 2.19 bits per heavy atom. The predicted molar refractivity (Wildman–Crippen MR) is 84.1 cm³/mol. The zero-order chi connectivity index (χ0) is 15.4. The van der Waals surface area contributed by atoms with Gasteiger partial charge in [-0.25, -0.2) is 4.39 Å². The summed E-state index contributed by atoms with van der Waals surface area (Å²) < 4.78 is 19.2. The fourth-order valence-corrected chi connectivity index (χ4v) is 2.83. The van der Waals surface area contributed by atoms with Crippen LogP contribution in [0.4, 0.5) is 4.39 Å². The van der Waals surface area contributed by atoms with E-state index in [-0.39, 0.29) is 5.82 Å². The Balaban J connectivity index is 2.11. The van der Waals surface area contributed by atoms with Crippen LogP contribution in [0.2, 0.25) is 0 Å². The molecule has 1 aliphatic heterocycles. The van der Waals surface area contributed by atoms with Gasteiger partial charge in [-0.05, 0) is 31.9 Å². The molecule has 3 nitrogen and oxygen atoms in total. The molecule has 2 rings (SSSR count). The van der Waals surface area contributed by atoms with Crippen molar-refractivity contribution in [2.45, 2.75) is 45.8 Å². The Kier molecular flexibility index (Phi) is 5.59. The summed E-state index contributed by atoms with van der Waals surface area (Å²) in [6.45, 7) is 9.35. The predicted octanol–water partition coefficient (Wildman–Crippen LogP) is 3.04. The zero-order valence-corrected chi connectivity index (χ0v) is 13.5. The highest BCUT2D eigenvalue weighted by Gasteiger charge is 2.25. The van der Waals surface area contributed by atoms with Crippen LogP contribution in [-0.4, -0.2) is 37.2 Å². The van der Waals surface area contributed by atoms with E-state index in [4.69, 9.17) is 4.74 Å². The first-order valence-electron chi connectivity index (χ1n) is 7.81. The molecule has 0 aliphatic carbocycles. The second-order valence-electron chi connectivity index (χ2n) is 6.33. The molecule has 4 heteroatoms. The van der Waals surface area contributed by atoms with Gasteiger partial charge in [-0.1, -0.05) is 19.9 Å². The first kappa shape index (κ1) is 16.2. The smallest absolute Gasteiger partial charge is 0.131 e. The fraction of sp³-hybridized carbons (Fsp3) is 0.647. The van der Waals surface area contributed by atoms with Crippen LogP contribution in [0.15, 0.2) is 18.2 Å². The molecular weight excluding hydrogens is 267 g/mol. The molecule has 1 aliphatic rings. The molecular formula is C17H27FN2O. The molecule has 1 heterocycles. The molecule has 0 radical (unpaired) electrons. The molecule has 0 spiro atoms. The lowest BCUT2D eigenvalue weighted by atomic mass is 10.0. The van der Waals surface area contributed by atoms with Crippen molar-refractivity contribution in [2.75, 3.05) is 20.2 Å². The Hall–Kier alpha value is -1.13. The summed E-state index contributed by atoms with van der Waals surface area (Å²) in [5, 5.41) is 3.60. The van der Waals surface area contributed by atoms with Crippen molar-refractivity contribution in [1.82, 2.24) is 10.2 Å². The molecule has 1 N–H and O–H groups in total. The second kappa shape index (κ2) is 7.23. The molecule has 118 valence electrons. The van der Waals surface area contributed by atoms with Crippen molar-refractivity contribution in [1.29, 1.82) is 0 Å². The number of ether oxygens (including phenoxy) is 1. The average Bonchev–Trinajstić information content (AvgIpc) is 2.63. The minimum absolute atomic E-state index is 0.181. The van der Waals surface area contributed by atoms with Gasteiger partial charge >= 0.3 is 0 Å². The lowest BCUT2D eigenvalue weighted by Crippen LogP contribution is -2.42. The van der Waals surface area contributed by atoms with Crippen LogP contribution >= 0.6 is 0 Å². The minimum atomic E-state index is -0.181. The van der Waals surface area contributed by atoms with Gasteiger partial charge < -0.3 is 10.1 Å². The molecule has 0 bridgehead atoms. The van der Waals surface area contributed by atoms with E-state index in [9.17, 15) is 4.39 Å². The summed E-state index contributed by atoms with van der Waals surface area (Å²) in [5.74, 6) is 0.972. The zero-order valence-electron chi connectivity index (χ0n) is 13.5. The maximum absolute atomic E-state index is 14.2. The van der Waals surface area contributed by atoms with Gasteiger partial charge in [-0.2, -0.15) is 0 Å². The third-order valence-electron chi connectivity index (χ3n) is 4.46. The molecule has 1 aromatic rings.